The first-order chi connectivity index (χ1) is 15.4. The molecule has 1 fully saturated rings. The van der Waals surface area contributed by atoms with E-state index in [9.17, 15) is 14.4 Å². The molecular weight excluding hydrogens is 428 g/mol. The standard InChI is InChI=1S/C23H24N4O4S/c1-3-15-7-9-17(10-8-15)25-23-27(2)22(31)18(32-23)13-16-11-12-24-19(14-16)26-20(28)5-4-6-21(29)30/h7-14H,3-6H2,1-2H3,(H,29,30)(H,24,26,28)/b18-13-,25-23?. The Labute approximate surface area is 190 Å². The zero-order chi connectivity index (χ0) is 23.1. The van der Waals surface area contributed by atoms with Crippen molar-refractivity contribution in [1.29, 1.82) is 0 Å². The van der Waals surface area contributed by atoms with Gasteiger partial charge in [-0.25, -0.2) is 9.98 Å². The molecule has 0 spiro atoms. The summed E-state index contributed by atoms with van der Waals surface area (Å²) in [7, 11) is 1.69. The van der Waals surface area contributed by atoms with E-state index in [4.69, 9.17) is 5.11 Å². The number of anilines is 1. The molecule has 2 N–H and O–H groups in total. The van der Waals surface area contributed by atoms with E-state index in [0.29, 0.717) is 21.5 Å². The van der Waals surface area contributed by atoms with E-state index in [1.165, 1.54) is 28.4 Å². The fourth-order valence-corrected chi connectivity index (χ4v) is 3.92. The van der Waals surface area contributed by atoms with Gasteiger partial charge >= 0.3 is 5.97 Å². The van der Waals surface area contributed by atoms with Gasteiger partial charge in [0.25, 0.3) is 5.91 Å². The van der Waals surface area contributed by atoms with Crippen LogP contribution in [-0.4, -0.2) is 45.0 Å². The van der Waals surface area contributed by atoms with E-state index >= 15 is 0 Å². The van der Waals surface area contributed by atoms with Gasteiger partial charge in [0.05, 0.1) is 10.6 Å². The van der Waals surface area contributed by atoms with Gasteiger partial charge in [0.2, 0.25) is 5.91 Å². The van der Waals surface area contributed by atoms with Crippen LogP contribution in [0.1, 0.15) is 37.3 Å². The predicted octanol–water partition coefficient (Wildman–Crippen LogP) is 4.07. The van der Waals surface area contributed by atoms with Crippen LogP contribution in [0.15, 0.2) is 52.5 Å². The number of benzene rings is 1. The van der Waals surface area contributed by atoms with E-state index in [0.717, 1.165) is 12.1 Å². The summed E-state index contributed by atoms with van der Waals surface area (Å²) in [6, 6.07) is 11.3. The summed E-state index contributed by atoms with van der Waals surface area (Å²) in [6.07, 6.45) is 4.51. The van der Waals surface area contributed by atoms with Crippen LogP contribution in [-0.2, 0) is 20.8 Å². The Bertz CT molecular complexity index is 1080. The Kier molecular flexibility index (Phi) is 7.77. The number of carbonyl (C=O) groups excluding carboxylic acids is 2. The molecule has 0 radical (unpaired) electrons. The molecule has 8 nitrogen and oxygen atoms in total. The molecule has 2 amide bonds. The van der Waals surface area contributed by atoms with Crippen molar-refractivity contribution >= 4 is 52.3 Å². The third kappa shape index (κ3) is 6.27. The number of aliphatic carboxylic acids is 1. The van der Waals surface area contributed by atoms with Crippen LogP contribution in [0.3, 0.4) is 0 Å². The summed E-state index contributed by atoms with van der Waals surface area (Å²) in [5.41, 5.74) is 2.71. The molecule has 1 aliphatic rings. The number of aryl methyl sites for hydroxylation is 1. The number of aliphatic imine (C=N–C) groups is 1. The summed E-state index contributed by atoms with van der Waals surface area (Å²) in [6.45, 7) is 2.09. The lowest BCUT2D eigenvalue weighted by molar-refractivity contribution is -0.137. The smallest absolute Gasteiger partial charge is 0.303 e. The molecule has 1 saturated heterocycles. The van der Waals surface area contributed by atoms with Crippen LogP contribution < -0.4 is 5.32 Å². The first kappa shape index (κ1) is 23.2. The highest BCUT2D eigenvalue weighted by Crippen LogP contribution is 2.33. The number of pyridine rings is 1. The fourth-order valence-electron chi connectivity index (χ4n) is 2.93. The second-order valence-corrected chi connectivity index (χ2v) is 8.17. The van der Waals surface area contributed by atoms with E-state index < -0.39 is 5.97 Å². The summed E-state index contributed by atoms with van der Waals surface area (Å²) >= 11 is 1.28. The second kappa shape index (κ2) is 10.7. The number of amidine groups is 1. The van der Waals surface area contributed by atoms with Crippen LogP contribution in [0.5, 0.6) is 0 Å². The summed E-state index contributed by atoms with van der Waals surface area (Å²) in [5.74, 6) is -1.06. The summed E-state index contributed by atoms with van der Waals surface area (Å²) in [4.78, 5) is 45.9. The number of carbonyl (C=O) groups is 3. The average Bonchev–Trinajstić information content (AvgIpc) is 3.02. The maximum atomic E-state index is 12.7. The van der Waals surface area contributed by atoms with Gasteiger partial charge in [-0.3, -0.25) is 19.3 Å². The molecule has 0 aliphatic carbocycles. The van der Waals surface area contributed by atoms with E-state index in [1.807, 2.05) is 24.3 Å². The SMILES string of the molecule is CCc1ccc(N=C2S/C(=C\c3ccnc(NC(=O)CCCC(=O)O)c3)C(=O)N2C)cc1. The lowest BCUT2D eigenvalue weighted by Crippen LogP contribution is -2.23. The molecule has 1 aromatic heterocycles. The van der Waals surface area contributed by atoms with E-state index in [1.54, 1.807) is 25.3 Å². The lowest BCUT2D eigenvalue weighted by atomic mass is 10.2. The summed E-state index contributed by atoms with van der Waals surface area (Å²) < 4.78 is 0. The van der Waals surface area contributed by atoms with E-state index in [-0.39, 0.29) is 31.1 Å². The molecule has 0 unspecified atom stereocenters. The Morgan fingerprint density at radius 1 is 1.22 bits per heavy atom. The number of amides is 2. The number of likely N-dealkylation sites (N-methyl/N-ethyl adjacent to an activating group) is 1. The van der Waals surface area contributed by atoms with Crippen molar-refractivity contribution in [1.82, 2.24) is 9.88 Å². The van der Waals surface area contributed by atoms with Crippen LogP contribution in [0.4, 0.5) is 11.5 Å². The van der Waals surface area contributed by atoms with Gasteiger partial charge in [0.15, 0.2) is 5.17 Å². The van der Waals surface area contributed by atoms with Gasteiger partial charge in [0, 0.05) is 26.1 Å². The molecule has 166 valence electrons. The lowest BCUT2D eigenvalue weighted by Gasteiger charge is -2.07. The van der Waals surface area contributed by atoms with Crippen molar-refractivity contribution in [2.75, 3.05) is 12.4 Å². The van der Waals surface area contributed by atoms with Crippen LogP contribution >= 0.6 is 11.8 Å². The van der Waals surface area contributed by atoms with Gasteiger partial charge in [-0.2, -0.15) is 0 Å². The minimum atomic E-state index is -0.936. The zero-order valence-electron chi connectivity index (χ0n) is 17.9. The highest BCUT2D eigenvalue weighted by molar-refractivity contribution is 8.18. The number of carboxylic acids is 1. The molecule has 2 heterocycles. The maximum absolute atomic E-state index is 12.7. The topological polar surface area (TPSA) is 112 Å². The van der Waals surface area contributed by atoms with Crippen molar-refractivity contribution in [3.63, 3.8) is 0 Å². The largest absolute Gasteiger partial charge is 0.481 e. The number of carboxylic acid groups (broad SMARTS) is 1. The van der Waals surface area contributed by atoms with Crippen LogP contribution in [0, 0.1) is 0 Å². The van der Waals surface area contributed by atoms with Gasteiger partial charge in [0.1, 0.15) is 5.82 Å². The molecule has 9 heteroatoms. The number of nitrogens with zero attached hydrogens (tertiary/aromatic N) is 3. The minimum absolute atomic E-state index is 0.0630. The number of aromatic nitrogens is 1. The zero-order valence-corrected chi connectivity index (χ0v) is 18.7. The molecule has 32 heavy (non-hydrogen) atoms. The van der Waals surface area contributed by atoms with E-state index in [2.05, 4.69) is 22.2 Å². The van der Waals surface area contributed by atoms with Crippen LogP contribution in [0.2, 0.25) is 0 Å². The van der Waals surface area contributed by atoms with Crippen molar-refractivity contribution in [3.05, 3.63) is 58.6 Å². The Hall–Kier alpha value is -3.46. The second-order valence-electron chi connectivity index (χ2n) is 7.16. The number of nitrogens with one attached hydrogen (secondary N) is 1. The van der Waals surface area contributed by atoms with Crippen LogP contribution in [0.25, 0.3) is 6.08 Å². The normalized spacial score (nSPS) is 16.1. The first-order valence-electron chi connectivity index (χ1n) is 10.2. The molecule has 2 aromatic rings. The van der Waals surface area contributed by atoms with Crippen molar-refractivity contribution in [3.8, 4) is 0 Å². The van der Waals surface area contributed by atoms with Gasteiger partial charge in [-0.15, -0.1) is 0 Å². The quantitative estimate of drug-likeness (QED) is 0.584. The molecule has 0 bridgehead atoms. The molecule has 3 rings (SSSR count). The van der Waals surface area contributed by atoms with Crippen molar-refractivity contribution < 1.29 is 19.5 Å². The van der Waals surface area contributed by atoms with Gasteiger partial charge in [-0.05, 0) is 66.1 Å². The predicted molar refractivity (Wildman–Crippen MR) is 126 cm³/mol. The third-order valence-electron chi connectivity index (χ3n) is 4.72. The maximum Gasteiger partial charge on any atom is 0.303 e. The number of hydrogen-bond acceptors (Lipinski definition) is 6. The fraction of sp³-hybridized carbons (Fsp3) is 0.261. The van der Waals surface area contributed by atoms with Gasteiger partial charge < -0.3 is 10.4 Å². The molecule has 0 atom stereocenters. The molecule has 1 aliphatic heterocycles. The average molecular weight is 453 g/mol. The molecule has 0 saturated carbocycles. The minimum Gasteiger partial charge on any atom is -0.481 e. The van der Waals surface area contributed by atoms with Crippen molar-refractivity contribution in [2.24, 2.45) is 4.99 Å². The first-order valence-corrected chi connectivity index (χ1v) is 11.0. The highest BCUT2D eigenvalue weighted by atomic mass is 32.2. The Balaban J connectivity index is 1.70. The monoisotopic (exact) mass is 452 g/mol. The number of rotatable bonds is 8. The highest BCUT2D eigenvalue weighted by Gasteiger charge is 2.30. The molecular formula is C23H24N4O4S. The summed E-state index contributed by atoms with van der Waals surface area (Å²) in [5, 5.41) is 11.9. The number of thioether (sulfide) groups is 1. The molecule has 1 aromatic carbocycles. The Morgan fingerprint density at radius 2 is 1.97 bits per heavy atom. The van der Waals surface area contributed by atoms with Gasteiger partial charge in [-0.1, -0.05) is 19.1 Å². The Morgan fingerprint density at radius 3 is 2.66 bits per heavy atom. The van der Waals surface area contributed by atoms with Crippen molar-refractivity contribution in [2.45, 2.75) is 32.6 Å². The number of hydrogen-bond donors (Lipinski definition) is 2. The third-order valence-corrected chi connectivity index (χ3v) is 5.78.